The first kappa shape index (κ1) is 27.3. The Morgan fingerprint density at radius 2 is 1.90 bits per heavy atom. The highest BCUT2D eigenvalue weighted by Crippen LogP contribution is 2.30. The summed E-state index contributed by atoms with van der Waals surface area (Å²) in [7, 11) is -3.26. The minimum atomic E-state index is -3.26. The van der Waals surface area contributed by atoms with Crippen LogP contribution in [0.5, 0.6) is 0 Å². The van der Waals surface area contributed by atoms with Crippen LogP contribution in [0.25, 0.3) is 0 Å². The lowest BCUT2D eigenvalue weighted by Gasteiger charge is -2.32. The average molecular weight is 570 g/mol. The maximum atomic E-state index is 13.1. The van der Waals surface area contributed by atoms with Crippen molar-refractivity contribution in [3.8, 4) is 0 Å². The number of carbonyl (C=O) groups is 1. The fourth-order valence-corrected chi connectivity index (χ4v) is 6.34. The Bertz CT molecular complexity index is 1470. The molecule has 0 unspecified atom stereocenters. The number of pyridine rings is 1. The van der Waals surface area contributed by atoms with Gasteiger partial charge in [-0.2, -0.15) is 4.98 Å². The van der Waals surface area contributed by atoms with Crippen LogP contribution in [0.4, 0.5) is 28.8 Å². The summed E-state index contributed by atoms with van der Waals surface area (Å²) in [5.41, 5.74) is 4.31. The van der Waals surface area contributed by atoms with Crippen molar-refractivity contribution >= 4 is 56.4 Å². The van der Waals surface area contributed by atoms with E-state index in [0.29, 0.717) is 55.6 Å². The standard InChI is InChI=1S/C27H32ClN7O3S/c1-17(2)39(37,38)35-9-7-18(8-10-35)12-25(36)33-24-6-5-21-13-20(24)4-3-19-11-22(15-29-14-19)32-27-30-16-23(28)26(31-21)34-27/h5-6,11,13-18H,3-4,7-10,12H2,1-2H3,(H,33,36)(H2,30,31,32,34). The summed E-state index contributed by atoms with van der Waals surface area (Å²) in [5, 5.41) is 9.48. The number of anilines is 5. The monoisotopic (exact) mass is 569 g/mol. The zero-order chi connectivity index (χ0) is 27.6. The minimum Gasteiger partial charge on any atom is -0.339 e. The fraction of sp³-hybridized carbons (Fsp3) is 0.407. The number of aromatic nitrogens is 3. The topological polar surface area (TPSA) is 129 Å². The Labute approximate surface area is 233 Å². The number of hydrogen-bond donors (Lipinski definition) is 3. The smallest absolute Gasteiger partial charge is 0.229 e. The summed E-state index contributed by atoms with van der Waals surface area (Å²) in [4.78, 5) is 26.2. The first-order valence-electron chi connectivity index (χ1n) is 13.1. The molecule has 39 heavy (non-hydrogen) atoms. The second-order valence-corrected chi connectivity index (χ2v) is 13.2. The molecule has 206 valence electrons. The molecule has 1 saturated heterocycles. The number of halogens is 1. The van der Waals surface area contributed by atoms with Gasteiger partial charge in [0.05, 0.1) is 23.3 Å². The summed E-state index contributed by atoms with van der Waals surface area (Å²) >= 11 is 6.35. The Balaban J connectivity index is 1.32. The van der Waals surface area contributed by atoms with E-state index >= 15 is 0 Å². The number of piperidine rings is 1. The maximum Gasteiger partial charge on any atom is 0.229 e. The van der Waals surface area contributed by atoms with E-state index in [2.05, 4.69) is 30.9 Å². The summed E-state index contributed by atoms with van der Waals surface area (Å²) in [5.74, 6) is 0.935. The van der Waals surface area contributed by atoms with Gasteiger partial charge in [0.1, 0.15) is 5.02 Å². The van der Waals surface area contributed by atoms with E-state index in [1.807, 2.05) is 30.5 Å². The van der Waals surface area contributed by atoms with E-state index in [4.69, 9.17) is 11.6 Å². The lowest BCUT2D eigenvalue weighted by Crippen LogP contribution is -2.42. The molecule has 2 aliphatic heterocycles. The molecule has 10 nitrogen and oxygen atoms in total. The van der Waals surface area contributed by atoms with Gasteiger partial charge in [0.15, 0.2) is 5.82 Å². The molecule has 1 aromatic carbocycles. The third kappa shape index (κ3) is 6.48. The van der Waals surface area contributed by atoms with Crippen molar-refractivity contribution in [1.29, 1.82) is 0 Å². The van der Waals surface area contributed by atoms with Crippen molar-refractivity contribution < 1.29 is 13.2 Å². The van der Waals surface area contributed by atoms with Crippen LogP contribution in [-0.4, -0.2) is 51.9 Å². The summed E-state index contributed by atoms with van der Waals surface area (Å²) in [6.07, 6.45) is 8.17. The molecule has 2 aromatic heterocycles. The number of fused-ring (bicyclic) bond motifs is 6. The third-order valence-electron chi connectivity index (χ3n) is 7.12. The zero-order valence-electron chi connectivity index (χ0n) is 21.9. The lowest BCUT2D eigenvalue weighted by molar-refractivity contribution is -0.117. The Kier molecular flexibility index (Phi) is 8.01. The van der Waals surface area contributed by atoms with E-state index in [-0.39, 0.29) is 11.8 Å². The van der Waals surface area contributed by atoms with Crippen LogP contribution >= 0.6 is 11.6 Å². The molecule has 0 radical (unpaired) electrons. The quantitative estimate of drug-likeness (QED) is 0.396. The number of benzene rings is 1. The van der Waals surface area contributed by atoms with Crippen LogP contribution in [0.3, 0.4) is 0 Å². The number of hydrogen-bond acceptors (Lipinski definition) is 8. The molecule has 3 N–H and O–H groups in total. The highest BCUT2D eigenvalue weighted by molar-refractivity contribution is 7.89. The first-order chi connectivity index (χ1) is 18.7. The normalized spacial score (nSPS) is 16.3. The number of sulfonamides is 1. The summed E-state index contributed by atoms with van der Waals surface area (Å²) in [6.45, 7) is 4.31. The number of nitrogens with zero attached hydrogens (tertiary/aromatic N) is 4. The highest BCUT2D eigenvalue weighted by Gasteiger charge is 2.31. The van der Waals surface area contributed by atoms with Crippen molar-refractivity contribution in [2.75, 3.05) is 29.0 Å². The van der Waals surface area contributed by atoms with Gasteiger partial charge >= 0.3 is 0 Å². The van der Waals surface area contributed by atoms with Crippen molar-refractivity contribution in [3.63, 3.8) is 0 Å². The Hall–Kier alpha value is -3.28. The predicted molar refractivity (Wildman–Crippen MR) is 153 cm³/mol. The van der Waals surface area contributed by atoms with Gasteiger partial charge in [-0.1, -0.05) is 11.6 Å². The van der Waals surface area contributed by atoms with Crippen molar-refractivity contribution in [2.24, 2.45) is 5.92 Å². The fourth-order valence-electron chi connectivity index (χ4n) is 4.88. The molecule has 2 aliphatic rings. The van der Waals surface area contributed by atoms with Gasteiger partial charge in [-0.25, -0.2) is 17.7 Å². The van der Waals surface area contributed by atoms with Crippen LogP contribution in [-0.2, 0) is 27.7 Å². The number of nitrogens with one attached hydrogen (secondary N) is 3. The molecule has 1 amide bonds. The maximum absolute atomic E-state index is 13.1. The molecule has 4 heterocycles. The molecule has 12 heteroatoms. The van der Waals surface area contributed by atoms with E-state index in [0.717, 1.165) is 34.6 Å². The molecule has 1 fully saturated rings. The Morgan fingerprint density at radius 1 is 1.10 bits per heavy atom. The first-order valence-corrected chi connectivity index (χ1v) is 15.0. The van der Waals surface area contributed by atoms with E-state index in [1.54, 1.807) is 24.3 Å². The SMILES string of the molecule is CC(C)S(=O)(=O)N1CCC(CC(=O)Nc2ccc3cc2CCc2cncc(c2)Nc2ncc(Cl)c(n2)N3)CC1. The van der Waals surface area contributed by atoms with Crippen molar-refractivity contribution in [1.82, 2.24) is 19.3 Å². The number of carbonyl (C=O) groups excluding carboxylic acids is 1. The van der Waals surface area contributed by atoms with E-state index in [1.165, 1.54) is 6.20 Å². The molecule has 6 bridgehead atoms. The number of rotatable bonds is 5. The molecule has 0 spiro atoms. The van der Waals surface area contributed by atoms with Crippen LogP contribution in [0.2, 0.25) is 5.02 Å². The van der Waals surface area contributed by atoms with Crippen LogP contribution in [0, 0.1) is 5.92 Å². The van der Waals surface area contributed by atoms with Crippen LogP contribution in [0.1, 0.15) is 44.2 Å². The zero-order valence-corrected chi connectivity index (χ0v) is 23.5. The number of aryl methyl sites for hydroxylation is 2. The van der Waals surface area contributed by atoms with Gasteiger partial charge in [-0.15, -0.1) is 0 Å². The molecule has 0 atom stereocenters. The van der Waals surface area contributed by atoms with Gasteiger partial charge < -0.3 is 16.0 Å². The predicted octanol–water partition coefficient (Wildman–Crippen LogP) is 4.89. The lowest BCUT2D eigenvalue weighted by atomic mass is 9.94. The van der Waals surface area contributed by atoms with Crippen molar-refractivity contribution in [3.05, 3.63) is 59.0 Å². The Morgan fingerprint density at radius 3 is 2.67 bits per heavy atom. The van der Waals surface area contributed by atoms with Crippen molar-refractivity contribution in [2.45, 2.75) is 51.2 Å². The number of amides is 1. The van der Waals surface area contributed by atoms with Gasteiger partial charge in [0.2, 0.25) is 21.9 Å². The average Bonchev–Trinajstić information content (AvgIpc) is 2.91. The second-order valence-electron chi connectivity index (χ2n) is 10.3. The molecular weight excluding hydrogens is 538 g/mol. The van der Waals surface area contributed by atoms with Crippen LogP contribution < -0.4 is 16.0 Å². The van der Waals surface area contributed by atoms with E-state index < -0.39 is 15.3 Å². The molecule has 0 saturated carbocycles. The molecule has 3 aromatic rings. The van der Waals surface area contributed by atoms with Crippen LogP contribution in [0.15, 0.2) is 42.9 Å². The van der Waals surface area contributed by atoms with Gasteiger partial charge in [-0.05, 0) is 80.8 Å². The molecule has 0 aliphatic carbocycles. The molecular formula is C27H32ClN7O3S. The van der Waals surface area contributed by atoms with Gasteiger partial charge in [-0.3, -0.25) is 9.78 Å². The molecule has 5 rings (SSSR count). The van der Waals surface area contributed by atoms with Gasteiger partial charge in [0, 0.05) is 37.1 Å². The van der Waals surface area contributed by atoms with E-state index in [9.17, 15) is 13.2 Å². The third-order valence-corrected chi connectivity index (χ3v) is 9.68. The second kappa shape index (κ2) is 11.4. The summed E-state index contributed by atoms with van der Waals surface area (Å²) in [6, 6.07) is 7.76. The largest absolute Gasteiger partial charge is 0.339 e. The highest BCUT2D eigenvalue weighted by atomic mass is 35.5. The minimum absolute atomic E-state index is 0.0728. The summed E-state index contributed by atoms with van der Waals surface area (Å²) < 4.78 is 26.5. The van der Waals surface area contributed by atoms with Gasteiger partial charge in [0.25, 0.3) is 0 Å².